The van der Waals surface area contributed by atoms with Crippen molar-refractivity contribution in [3.63, 3.8) is 0 Å². The summed E-state index contributed by atoms with van der Waals surface area (Å²) >= 11 is 0. The number of ether oxygens (including phenoxy) is 2. The van der Waals surface area contributed by atoms with Gasteiger partial charge in [-0.25, -0.2) is 0 Å². The van der Waals surface area contributed by atoms with E-state index in [2.05, 4.69) is 0 Å². The second-order valence-electron chi connectivity index (χ2n) is 9.42. The zero-order valence-corrected chi connectivity index (χ0v) is 20.0. The van der Waals surface area contributed by atoms with Crippen LogP contribution in [0.1, 0.15) is 83.1 Å². The molecule has 0 N–H and O–H groups in total. The van der Waals surface area contributed by atoms with Crippen LogP contribution in [-0.4, -0.2) is 17.7 Å². The maximum Gasteiger partial charge on any atom is 0.316 e. The Hall–Kier alpha value is -2.95. The summed E-state index contributed by atoms with van der Waals surface area (Å²) in [5, 5.41) is 0. The quantitative estimate of drug-likeness (QED) is 0.244. The molecule has 2 aromatic carbocycles. The van der Waals surface area contributed by atoms with Crippen molar-refractivity contribution < 1.29 is 23.9 Å². The van der Waals surface area contributed by atoms with Gasteiger partial charge in [-0.1, -0.05) is 26.7 Å². The van der Waals surface area contributed by atoms with Gasteiger partial charge in [-0.05, 0) is 89.1 Å². The molecule has 32 heavy (non-hydrogen) atoms. The molecule has 0 unspecified atom stereocenters. The number of hydrogen-bond acceptors (Lipinski definition) is 5. The minimum Gasteiger partial charge on any atom is -0.426 e. The molecule has 0 radical (unpaired) electrons. The summed E-state index contributed by atoms with van der Waals surface area (Å²) in [6.45, 7) is 11.5. The lowest BCUT2D eigenvalue weighted by Gasteiger charge is -2.21. The Kier molecular flexibility index (Phi) is 8.37. The van der Waals surface area contributed by atoms with Crippen LogP contribution in [0.25, 0.3) is 0 Å². The van der Waals surface area contributed by atoms with Crippen LogP contribution in [0, 0.1) is 10.8 Å². The summed E-state index contributed by atoms with van der Waals surface area (Å²) in [7, 11) is 0. The second kappa shape index (κ2) is 10.6. The minimum atomic E-state index is -0.555. The van der Waals surface area contributed by atoms with Gasteiger partial charge in [0.2, 0.25) is 0 Å². The van der Waals surface area contributed by atoms with Gasteiger partial charge < -0.3 is 9.47 Å². The van der Waals surface area contributed by atoms with Crippen LogP contribution in [-0.2, 0) is 9.59 Å². The maximum absolute atomic E-state index is 12.8. The molecule has 2 rings (SSSR count). The van der Waals surface area contributed by atoms with Gasteiger partial charge in [0.15, 0.2) is 5.78 Å². The van der Waals surface area contributed by atoms with Crippen LogP contribution >= 0.6 is 0 Å². The van der Waals surface area contributed by atoms with E-state index in [4.69, 9.17) is 9.47 Å². The Bertz CT molecular complexity index is 860. The van der Waals surface area contributed by atoms with E-state index in [9.17, 15) is 14.4 Å². The highest BCUT2D eigenvalue weighted by atomic mass is 16.5. The lowest BCUT2D eigenvalue weighted by atomic mass is 9.88. The van der Waals surface area contributed by atoms with Crippen molar-refractivity contribution in [2.24, 2.45) is 10.8 Å². The molecule has 0 aliphatic rings. The van der Waals surface area contributed by atoms with E-state index < -0.39 is 10.8 Å². The van der Waals surface area contributed by atoms with Crippen LogP contribution in [0.5, 0.6) is 11.5 Å². The molecule has 0 heterocycles. The van der Waals surface area contributed by atoms with E-state index in [1.165, 1.54) is 0 Å². The summed E-state index contributed by atoms with van der Waals surface area (Å²) in [4.78, 5) is 37.5. The van der Waals surface area contributed by atoms with E-state index in [1.807, 2.05) is 41.5 Å². The Morgan fingerprint density at radius 3 is 1.22 bits per heavy atom. The van der Waals surface area contributed by atoms with Gasteiger partial charge in [-0.3, -0.25) is 14.4 Å². The van der Waals surface area contributed by atoms with Gasteiger partial charge in [0.25, 0.3) is 0 Å². The molecule has 172 valence electrons. The van der Waals surface area contributed by atoms with Gasteiger partial charge in [0.05, 0.1) is 10.8 Å². The summed E-state index contributed by atoms with van der Waals surface area (Å²) in [6, 6.07) is 13.0. The molecule has 0 saturated carbocycles. The lowest BCUT2D eigenvalue weighted by molar-refractivity contribution is -0.145. The van der Waals surface area contributed by atoms with E-state index in [0.29, 0.717) is 22.6 Å². The molecule has 0 fully saturated rings. The molecule has 0 aliphatic carbocycles. The molecule has 2 aromatic rings. The minimum absolute atomic E-state index is 0.168. The van der Waals surface area contributed by atoms with E-state index in [1.54, 1.807) is 48.5 Å². The van der Waals surface area contributed by atoms with Crippen molar-refractivity contribution in [3.05, 3.63) is 59.7 Å². The highest BCUT2D eigenvalue weighted by molar-refractivity contribution is 6.09. The van der Waals surface area contributed by atoms with Gasteiger partial charge in [-0.2, -0.15) is 0 Å². The van der Waals surface area contributed by atoms with Gasteiger partial charge in [0, 0.05) is 11.1 Å². The molecule has 0 amide bonds. The first-order chi connectivity index (χ1) is 15.0. The SMILES string of the molecule is CCCC(C)(C)C(=O)Oc1ccc(C(=O)c2ccc(OC(=O)C(C)(C)CCC)cc2)cc1. The molecule has 0 saturated heterocycles. The summed E-state index contributed by atoms with van der Waals surface area (Å²) in [5.74, 6) is 0.0788. The van der Waals surface area contributed by atoms with Crippen LogP contribution in [0.15, 0.2) is 48.5 Å². The molecule has 0 aromatic heterocycles. The Morgan fingerprint density at radius 1 is 0.625 bits per heavy atom. The second-order valence-corrected chi connectivity index (χ2v) is 9.42. The standard InChI is InChI=1S/C27H34O5/c1-7-17-26(3,4)24(29)31-21-13-9-19(10-14-21)23(28)20-11-15-22(16-12-20)32-25(30)27(5,6)18-8-2/h9-16H,7-8,17-18H2,1-6H3. The molecule has 0 spiro atoms. The van der Waals surface area contributed by atoms with E-state index >= 15 is 0 Å². The van der Waals surface area contributed by atoms with Crippen molar-refractivity contribution in [1.82, 2.24) is 0 Å². The topological polar surface area (TPSA) is 69.7 Å². The van der Waals surface area contributed by atoms with Crippen molar-refractivity contribution in [1.29, 1.82) is 0 Å². The fourth-order valence-electron chi connectivity index (χ4n) is 3.46. The summed E-state index contributed by atoms with van der Waals surface area (Å²) in [5.41, 5.74) is -0.154. The third-order valence-corrected chi connectivity index (χ3v) is 5.51. The van der Waals surface area contributed by atoms with Crippen molar-refractivity contribution in [2.75, 3.05) is 0 Å². The fourth-order valence-corrected chi connectivity index (χ4v) is 3.46. The first-order valence-corrected chi connectivity index (χ1v) is 11.2. The molecular formula is C27H34O5. The third-order valence-electron chi connectivity index (χ3n) is 5.51. The van der Waals surface area contributed by atoms with Crippen LogP contribution < -0.4 is 9.47 Å². The van der Waals surface area contributed by atoms with Crippen molar-refractivity contribution in [3.8, 4) is 11.5 Å². The number of benzene rings is 2. The first-order valence-electron chi connectivity index (χ1n) is 11.2. The molecule has 0 bridgehead atoms. The molecule has 0 atom stereocenters. The Labute approximate surface area is 191 Å². The normalized spacial score (nSPS) is 11.7. The average Bonchev–Trinajstić information content (AvgIpc) is 2.74. The van der Waals surface area contributed by atoms with Crippen LogP contribution in [0.4, 0.5) is 0 Å². The zero-order chi connectivity index (χ0) is 23.9. The maximum atomic E-state index is 12.8. The highest BCUT2D eigenvalue weighted by Gasteiger charge is 2.29. The van der Waals surface area contributed by atoms with Gasteiger partial charge >= 0.3 is 11.9 Å². The van der Waals surface area contributed by atoms with Crippen LogP contribution in [0.3, 0.4) is 0 Å². The van der Waals surface area contributed by atoms with Crippen molar-refractivity contribution >= 4 is 17.7 Å². The average molecular weight is 439 g/mol. The number of carbonyl (C=O) groups excluding carboxylic acids is 3. The molecular weight excluding hydrogens is 404 g/mol. The summed E-state index contributed by atoms with van der Waals surface area (Å²) in [6.07, 6.45) is 3.27. The molecule has 5 heteroatoms. The number of ketones is 1. The van der Waals surface area contributed by atoms with E-state index in [0.717, 1.165) is 25.7 Å². The summed E-state index contributed by atoms with van der Waals surface area (Å²) < 4.78 is 10.9. The molecule has 0 aliphatic heterocycles. The van der Waals surface area contributed by atoms with Gasteiger partial charge in [0.1, 0.15) is 11.5 Å². The smallest absolute Gasteiger partial charge is 0.316 e. The van der Waals surface area contributed by atoms with Crippen molar-refractivity contribution in [2.45, 2.75) is 67.2 Å². The first kappa shape index (κ1) is 25.3. The van der Waals surface area contributed by atoms with Crippen LogP contribution in [0.2, 0.25) is 0 Å². The number of esters is 2. The number of hydrogen-bond donors (Lipinski definition) is 0. The predicted molar refractivity (Wildman–Crippen MR) is 125 cm³/mol. The van der Waals surface area contributed by atoms with Gasteiger partial charge in [-0.15, -0.1) is 0 Å². The largest absolute Gasteiger partial charge is 0.426 e. The Morgan fingerprint density at radius 2 is 0.938 bits per heavy atom. The van der Waals surface area contributed by atoms with E-state index in [-0.39, 0.29) is 17.7 Å². The fraction of sp³-hybridized carbons (Fsp3) is 0.444. The number of carbonyl (C=O) groups is 3. The molecule has 5 nitrogen and oxygen atoms in total. The Balaban J connectivity index is 2.04. The zero-order valence-electron chi connectivity index (χ0n) is 20.0. The lowest BCUT2D eigenvalue weighted by Crippen LogP contribution is -2.28. The highest BCUT2D eigenvalue weighted by Crippen LogP contribution is 2.27. The number of rotatable bonds is 10. The predicted octanol–water partition coefficient (Wildman–Crippen LogP) is 6.38. The monoisotopic (exact) mass is 438 g/mol. The third kappa shape index (κ3) is 6.52.